The van der Waals surface area contributed by atoms with Gasteiger partial charge < -0.3 is 5.11 Å². The van der Waals surface area contributed by atoms with Gasteiger partial charge in [0.2, 0.25) is 0 Å². The third-order valence-corrected chi connectivity index (χ3v) is 5.20. The molecule has 3 heteroatoms. The van der Waals surface area contributed by atoms with Gasteiger partial charge in [0.15, 0.2) is 0 Å². The number of hydrogen-bond donors (Lipinski definition) is 1. The van der Waals surface area contributed by atoms with Crippen molar-refractivity contribution in [2.75, 3.05) is 0 Å². The topological polar surface area (TPSA) is 20.2 Å². The molecule has 0 spiro atoms. The van der Waals surface area contributed by atoms with Gasteiger partial charge in [-0.3, -0.25) is 0 Å². The minimum atomic E-state index is -1.42. The molecule has 0 aliphatic heterocycles. The van der Waals surface area contributed by atoms with Gasteiger partial charge >= 0.3 is 0 Å². The van der Waals surface area contributed by atoms with Crippen molar-refractivity contribution in [3.63, 3.8) is 0 Å². The van der Waals surface area contributed by atoms with Crippen LogP contribution < -0.4 is 5.19 Å². The maximum Gasteiger partial charge on any atom is 0.129 e. The fourth-order valence-electron chi connectivity index (χ4n) is 2.39. The van der Waals surface area contributed by atoms with Crippen molar-refractivity contribution >= 4 is 13.3 Å². The molecule has 0 unspecified atom stereocenters. The highest BCUT2D eigenvalue weighted by Gasteiger charge is 2.30. The first-order valence-corrected chi connectivity index (χ1v) is 8.91. The van der Waals surface area contributed by atoms with E-state index in [1.807, 2.05) is 6.07 Å². The van der Waals surface area contributed by atoms with Crippen LogP contribution in [0.15, 0.2) is 12.1 Å². The van der Waals surface area contributed by atoms with Crippen LogP contribution in [0.4, 0.5) is 4.39 Å². The molecule has 0 aromatic heterocycles. The summed E-state index contributed by atoms with van der Waals surface area (Å²) in [5.74, 6) is -0.239. The molecule has 0 bridgehead atoms. The van der Waals surface area contributed by atoms with Crippen LogP contribution in [0.2, 0.25) is 19.6 Å². The molecule has 1 atom stereocenters. The van der Waals surface area contributed by atoms with Gasteiger partial charge in [0.25, 0.3) is 0 Å². The summed E-state index contributed by atoms with van der Waals surface area (Å²) in [5, 5.41) is 11.0. The Kier molecular flexibility index (Phi) is 2.47. The number of aliphatic hydroxyl groups is 1. The molecule has 1 N–H and O–H groups in total. The van der Waals surface area contributed by atoms with Gasteiger partial charge in [0, 0.05) is 5.56 Å². The Morgan fingerprint density at radius 3 is 2.60 bits per heavy atom. The van der Waals surface area contributed by atoms with E-state index in [4.69, 9.17) is 0 Å². The second kappa shape index (κ2) is 3.42. The second-order valence-electron chi connectivity index (χ2n) is 5.29. The Morgan fingerprint density at radius 2 is 2.00 bits per heavy atom. The summed E-state index contributed by atoms with van der Waals surface area (Å²) in [7, 11) is -1.42. The molecule has 0 saturated heterocycles. The predicted octanol–water partition coefficient (Wildman–Crippen LogP) is 2.35. The number of hydrogen-bond acceptors (Lipinski definition) is 1. The standard InChI is InChI=1S/C12H17FOSi/c1-15(2,3)11-7-5-9(13)12-8(11)4-6-10(12)14/h5,7,10,14H,4,6H2,1-3H3/t10-/m0/s1. The fourth-order valence-corrected chi connectivity index (χ4v) is 4.14. The minimum Gasteiger partial charge on any atom is -0.388 e. The van der Waals surface area contributed by atoms with Crippen LogP contribution in [-0.2, 0) is 6.42 Å². The van der Waals surface area contributed by atoms with Crippen LogP contribution in [0.3, 0.4) is 0 Å². The Morgan fingerprint density at radius 1 is 1.33 bits per heavy atom. The van der Waals surface area contributed by atoms with Crippen LogP contribution >= 0.6 is 0 Å². The highest BCUT2D eigenvalue weighted by molar-refractivity contribution is 6.89. The van der Waals surface area contributed by atoms with Crippen LogP contribution in [0.1, 0.15) is 23.7 Å². The quantitative estimate of drug-likeness (QED) is 0.726. The molecule has 2 rings (SSSR count). The van der Waals surface area contributed by atoms with E-state index in [9.17, 15) is 9.50 Å². The van der Waals surface area contributed by atoms with E-state index in [2.05, 4.69) is 19.6 Å². The van der Waals surface area contributed by atoms with Crippen molar-refractivity contribution in [3.05, 3.63) is 29.1 Å². The van der Waals surface area contributed by atoms with Crippen molar-refractivity contribution in [1.82, 2.24) is 0 Å². The molecule has 15 heavy (non-hydrogen) atoms. The van der Waals surface area contributed by atoms with E-state index in [-0.39, 0.29) is 5.82 Å². The Hall–Kier alpha value is -0.673. The molecule has 0 amide bonds. The average molecular weight is 224 g/mol. The van der Waals surface area contributed by atoms with Crippen molar-refractivity contribution in [2.24, 2.45) is 0 Å². The molecule has 0 heterocycles. The first-order valence-electron chi connectivity index (χ1n) is 5.41. The average Bonchev–Trinajstić information content (AvgIpc) is 2.47. The lowest BCUT2D eigenvalue weighted by Gasteiger charge is -2.21. The molecule has 1 aromatic rings. The SMILES string of the molecule is C[Si](C)(C)c1ccc(F)c2c1CC[C@@H]2O. The zero-order valence-electron chi connectivity index (χ0n) is 9.47. The smallest absolute Gasteiger partial charge is 0.129 e. The molecule has 1 aliphatic carbocycles. The molecule has 82 valence electrons. The van der Waals surface area contributed by atoms with Gasteiger partial charge in [-0.2, -0.15) is 0 Å². The number of benzene rings is 1. The van der Waals surface area contributed by atoms with Crippen molar-refractivity contribution in [3.8, 4) is 0 Å². The van der Waals surface area contributed by atoms with Crippen LogP contribution in [-0.4, -0.2) is 13.2 Å². The maximum absolute atomic E-state index is 13.6. The van der Waals surface area contributed by atoms with Crippen LogP contribution in [0, 0.1) is 5.82 Å². The highest BCUT2D eigenvalue weighted by atomic mass is 28.3. The summed E-state index contributed by atoms with van der Waals surface area (Å²) in [6, 6.07) is 3.43. The lowest BCUT2D eigenvalue weighted by atomic mass is 10.1. The summed E-state index contributed by atoms with van der Waals surface area (Å²) in [4.78, 5) is 0. The molecular formula is C12H17FOSi. The van der Waals surface area contributed by atoms with Gasteiger partial charge in [-0.15, -0.1) is 0 Å². The number of rotatable bonds is 1. The van der Waals surface area contributed by atoms with Gasteiger partial charge in [0.05, 0.1) is 14.2 Å². The lowest BCUT2D eigenvalue weighted by molar-refractivity contribution is 0.176. The zero-order valence-corrected chi connectivity index (χ0v) is 10.5. The Bertz CT molecular complexity index is 395. The Balaban J connectivity index is 2.63. The molecule has 1 nitrogen and oxygen atoms in total. The first-order chi connectivity index (χ1) is 6.91. The lowest BCUT2D eigenvalue weighted by Crippen LogP contribution is -2.40. The summed E-state index contributed by atoms with van der Waals surface area (Å²) in [5.41, 5.74) is 1.65. The van der Waals surface area contributed by atoms with E-state index < -0.39 is 14.2 Å². The van der Waals surface area contributed by atoms with Crippen LogP contribution in [0.5, 0.6) is 0 Å². The monoisotopic (exact) mass is 224 g/mol. The molecule has 0 fully saturated rings. The second-order valence-corrected chi connectivity index (χ2v) is 10.3. The summed E-state index contributed by atoms with van der Waals surface area (Å²) in [6.07, 6.45) is 0.915. The van der Waals surface area contributed by atoms with E-state index in [0.717, 1.165) is 12.0 Å². The van der Waals surface area contributed by atoms with E-state index >= 15 is 0 Å². The summed E-state index contributed by atoms with van der Waals surface area (Å²) >= 11 is 0. The molecule has 0 saturated carbocycles. The van der Waals surface area contributed by atoms with Crippen LogP contribution in [0.25, 0.3) is 0 Å². The molecule has 1 aliphatic rings. The number of halogens is 1. The molecule has 1 aromatic carbocycles. The summed E-state index contributed by atoms with van der Waals surface area (Å²) in [6.45, 7) is 6.77. The fraction of sp³-hybridized carbons (Fsp3) is 0.500. The number of fused-ring (bicyclic) bond motifs is 1. The molecule has 0 radical (unpaired) electrons. The van der Waals surface area contributed by atoms with Gasteiger partial charge in [0.1, 0.15) is 5.82 Å². The van der Waals surface area contributed by atoms with Gasteiger partial charge in [-0.05, 0) is 24.5 Å². The number of aliphatic hydroxyl groups excluding tert-OH is 1. The Labute approximate surface area is 91.0 Å². The van der Waals surface area contributed by atoms with Gasteiger partial charge in [-0.1, -0.05) is 30.9 Å². The minimum absolute atomic E-state index is 0.239. The largest absolute Gasteiger partial charge is 0.388 e. The third-order valence-electron chi connectivity index (χ3n) is 3.11. The zero-order chi connectivity index (χ0) is 11.2. The van der Waals surface area contributed by atoms with Crippen molar-refractivity contribution in [1.29, 1.82) is 0 Å². The normalized spacial score (nSPS) is 20.5. The maximum atomic E-state index is 13.6. The van der Waals surface area contributed by atoms with E-state index in [1.54, 1.807) is 0 Å². The third kappa shape index (κ3) is 1.74. The summed E-state index contributed by atoms with van der Waals surface area (Å²) < 4.78 is 13.6. The van der Waals surface area contributed by atoms with E-state index in [1.165, 1.54) is 11.3 Å². The van der Waals surface area contributed by atoms with Gasteiger partial charge in [-0.25, -0.2) is 4.39 Å². The van der Waals surface area contributed by atoms with E-state index in [0.29, 0.717) is 12.0 Å². The van der Waals surface area contributed by atoms with Crippen molar-refractivity contribution < 1.29 is 9.50 Å². The molecular weight excluding hydrogens is 207 g/mol. The first kappa shape index (κ1) is 10.8. The highest BCUT2D eigenvalue weighted by Crippen LogP contribution is 2.32. The predicted molar refractivity (Wildman–Crippen MR) is 62.7 cm³/mol. The van der Waals surface area contributed by atoms with Crippen molar-refractivity contribution in [2.45, 2.75) is 38.6 Å².